The topological polar surface area (TPSA) is 73.0 Å². The van der Waals surface area contributed by atoms with E-state index in [-0.39, 0.29) is 11.6 Å². The predicted molar refractivity (Wildman–Crippen MR) is 110 cm³/mol. The average molecular weight is 393 g/mol. The first kappa shape index (κ1) is 19.4. The van der Waals surface area contributed by atoms with Crippen LogP contribution in [0.2, 0.25) is 0 Å². The van der Waals surface area contributed by atoms with Crippen molar-refractivity contribution in [2.75, 3.05) is 32.8 Å². The molecule has 0 unspecified atom stereocenters. The summed E-state index contributed by atoms with van der Waals surface area (Å²) in [6, 6.07) is 16.7. The van der Waals surface area contributed by atoms with Crippen LogP contribution in [-0.4, -0.2) is 38.8 Å². The average Bonchev–Trinajstić information content (AvgIpc) is 2.74. The van der Waals surface area contributed by atoms with Gasteiger partial charge >= 0.3 is 5.63 Å². The van der Waals surface area contributed by atoms with Crippen molar-refractivity contribution in [1.82, 2.24) is 5.32 Å². The van der Waals surface area contributed by atoms with E-state index in [9.17, 15) is 9.59 Å². The number of rotatable bonds is 5. The van der Waals surface area contributed by atoms with E-state index < -0.39 is 11.5 Å². The molecule has 0 spiro atoms. The van der Waals surface area contributed by atoms with E-state index in [0.717, 1.165) is 49.4 Å². The number of benzene rings is 2. The zero-order chi connectivity index (χ0) is 20.2. The molecule has 2 N–H and O–H groups in total. The van der Waals surface area contributed by atoms with Crippen LogP contribution in [0, 0.1) is 6.92 Å². The summed E-state index contributed by atoms with van der Waals surface area (Å²) in [5, 5.41) is 3.79. The first-order valence-electron chi connectivity index (χ1n) is 9.92. The van der Waals surface area contributed by atoms with Crippen LogP contribution >= 0.6 is 0 Å². The highest BCUT2D eigenvalue weighted by molar-refractivity contribution is 5.96. The Kier molecular flexibility index (Phi) is 5.74. The molecule has 150 valence electrons. The smallest absolute Gasteiger partial charge is 0.349 e. The number of hydrogen-bond acceptors (Lipinski definition) is 4. The SMILES string of the molecule is Cc1ccc([C@H](C[NH+]2CCOCC2)NC(=O)c2cc3ccccc3oc2=O)cc1. The summed E-state index contributed by atoms with van der Waals surface area (Å²) in [5.41, 5.74) is 2.06. The normalized spacial score (nSPS) is 15.9. The maximum atomic E-state index is 13.0. The zero-order valence-electron chi connectivity index (χ0n) is 16.4. The molecule has 0 radical (unpaired) electrons. The van der Waals surface area contributed by atoms with Gasteiger partial charge in [0.1, 0.15) is 36.8 Å². The van der Waals surface area contributed by atoms with E-state index in [1.54, 1.807) is 18.2 Å². The Labute approximate surface area is 169 Å². The maximum absolute atomic E-state index is 13.0. The van der Waals surface area contributed by atoms with Crippen molar-refractivity contribution in [2.24, 2.45) is 0 Å². The van der Waals surface area contributed by atoms with Gasteiger partial charge in [0.2, 0.25) is 0 Å². The van der Waals surface area contributed by atoms with Gasteiger partial charge < -0.3 is 19.4 Å². The van der Waals surface area contributed by atoms with Crippen molar-refractivity contribution in [2.45, 2.75) is 13.0 Å². The lowest BCUT2D eigenvalue weighted by Gasteiger charge is -2.28. The Bertz CT molecular complexity index is 1050. The number of para-hydroxylation sites is 1. The molecule has 1 aromatic heterocycles. The van der Waals surface area contributed by atoms with Gasteiger partial charge in [-0.05, 0) is 24.6 Å². The van der Waals surface area contributed by atoms with Crippen molar-refractivity contribution < 1.29 is 18.8 Å². The molecule has 1 saturated heterocycles. The third-order valence-corrected chi connectivity index (χ3v) is 5.36. The van der Waals surface area contributed by atoms with Gasteiger partial charge in [-0.3, -0.25) is 4.79 Å². The van der Waals surface area contributed by atoms with E-state index >= 15 is 0 Å². The van der Waals surface area contributed by atoms with E-state index in [0.29, 0.717) is 5.58 Å². The highest BCUT2D eigenvalue weighted by atomic mass is 16.5. The van der Waals surface area contributed by atoms with Gasteiger partial charge in [-0.1, -0.05) is 48.0 Å². The van der Waals surface area contributed by atoms with Gasteiger partial charge in [-0.25, -0.2) is 4.79 Å². The predicted octanol–water partition coefficient (Wildman–Crippen LogP) is 1.49. The van der Waals surface area contributed by atoms with E-state index in [1.165, 1.54) is 4.90 Å². The summed E-state index contributed by atoms with van der Waals surface area (Å²) in [6.07, 6.45) is 0. The first-order chi connectivity index (χ1) is 14.1. The lowest BCUT2D eigenvalue weighted by atomic mass is 10.0. The summed E-state index contributed by atoms with van der Waals surface area (Å²) in [5.74, 6) is -0.414. The number of carbonyl (C=O) groups is 1. The van der Waals surface area contributed by atoms with Gasteiger partial charge in [-0.2, -0.15) is 0 Å². The third kappa shape index (κ3) is 4.55. The highest BCUT2D eigenvalue weighted by Crippen LogP contribution is 2.16. The number of quaternary nitrogens is 1. The fourth-order valence-corrected chi connectivity index (χ4v) is 3.66. The summed E-state index contributed by atoms with van der Waals surface area (Å²) < 4.78 is 10.8. The number of amides is 1. The van der Waals surface area contributed by atoms with Crippen molar-refractivity contribution in [3.05, 3.63) is 81.7 Å². The number of carbonyl (C=O) groups excluding carboxylic acids is 1. The molecule has 3 aromatic rings. The van der Waals surface area contributed by atoms with Crippen LogP contribution in [-0.2, 0) is 4.74 Å². The molecule has 29 heavy (non-hydrogen) atoms. The largest absolute Gasteiger partial charge is 0.422 e. The van der Waals surface area contributed by atoms with Crippen LogP contribution in [0.4, 0.5) is 0 Å². The zero-order valence-corrected chi connectivity index (χ0v) is 16.4. The Hall–Kier alpha value is -2.96. The molecular weight excluding hydrogens is 368 g/mol. The monoisotopic (exact) mass is 393 g/mol. The first-order valence-corrected chi connectivity index (χ1v) is 9.92. The second-order valence-corrected chi connectivity index (χ2v) is 7.49. The van der Waals surface area contributed by atoms with Crippen LogP contribution in [0.25, 0.3) is 11.0 Å². The second-order valence-electron chi connectivity index (χ2n) is 7.49. The molecule has 6 heteroatoms. The molecule has 2 aromatic carbocycles. The van der Waals surface area contributed by atoms with Gasteiger partial charge in [0.05, 0.1) is 13.2 Å². The molecule has 1 aliphatic heterocycles. The molecule has 2 heterocycles. The molecule has 1 amide bonds. The molecule has 1 atom stereocenters. The summed E-state index contributed by atoms with van der Waals surface area (Å²) >= 11 is 0. The Morgan fingerprint density at radius 2 is 1.83 bits per heavy atom. The van der Waals surface area contributed by atoms with Crippen molar-refractivity contribution >= 4 is 16.9 Å². The van der Waals surface area contributed by atoms with Crippen molar-refractivity contribution in [1.29, 1.82) is 0 Å². The Balaban J connectivity index is 1.60. The third-order valence-electron chi connectivity index (χ3n) is 5.36. The fraction of sp³-hybridized carbons (Fsp3) is 0.304. The van der Waals surface area contributed by atoms with Gasteiger partial charge in [0.25, 0.3) is 5.91 Å². The minimum Gasteiger partial charge on any atom is -0.422 e. The molecule has 4 rings (SSSR count). The van der Waals surface area contributed by atoms with Crippen LogP contribution in [0.5, 0.6) is 0 Å². The second kappa shape index (κ2) is 8.59. The number of aryl methyl sites for hydroxylation is 1. The van der Waals surface area contributed by atoms with E-state index in [1.807, 2.05) is 43.3 Å². The molecular formula is C23H25N2O4+. The van der Waals surface area contributed by atoms with Gasteiger partial charge in [-0.15, -0.1) is 0 Å². The molecule has 0 saturated carbocycles. The number of ether oxygens (including phenoxy) is 1. The van der Waals surface area contributed by atoms with Crippen LogP contribution in [0.3, 0.4) is 0 Å². The number of nitrogens with one attached hydrogen (secondary N) is 2. The molecule has 1 fully saturated rings. The van der Waals surface area contributed by atoms with Crippen LogP contribution < -0.4 is 15.8 Å². The number of fused-ring (bicyclic) bond motifs is 1. The summed E-state index contributed by atoms with van der Waals surface area (Å²) in [6.45, 7) is 6.00. The lowest BCUT2D eigenvalue weighted by molar-refractivity contribution is -0.909. The summed E-state index contributed by atoms with van der Waals surface area (Å²) in [4.78, 5) is 26.7. The van der Waals surface area contributed by atoms with Crippen molar-refractivity contribution in [3.63, 3.8) is 0 Å². The van der Waals surface area contributed by atoms with Crippen LogP contribution in [0.1, 0.15) is 27.5 Å². The highest BCUT2D eigenvalue weighted by Gasteiger charge is 2.25. The van der Waals surface area contributed by atoms with Crippen molar-refractivity contribution in [3.8, 4) is 0 Å². The van der Waals surface area contributed by atoms with E-state index in [4.69, 9.17) is 9.15 Å². The standard InChI is InChI=1S/C23H24N2O4/c1-16-6-8-17(9-7-16)20(15-25-10-12-28-13-11-25)24-22(26)19-14-18-4-2-3-5-21(18)29-23(19)27/h2-9,14,20H,10-13,15H2,1H3,(H,24,26)/p+1/t20-/m0/s1. The number of hydrogen-bond donors (Lipinski definition) is 2. The Morgan fingerprint density at radius 1 is 1.10 bits per heavy atom. The van der Waals surface area contributed by atoms with Crippen LogP contribution in [0.15, 0.2) is 63.8 Å². The molecule has 0 bridgehead atoms. The molecule has 0 aliphatic carbocycles. The van der Waals surface area contributed by atoms with Gasteiger partial charge in [0, 0.05) is 5.39 Å². The lowest BCUT2D eigenvalue weighted by Crippen LogP contribution is -3.14. The van der Waals surface area contributed by atoms with E-state index in [2.05, 4.69) is 5.32 Å². The fourth-order valence-electron chi connectivity index (χ4n) is 3.66. The minimum absolute atomic E-state index is 0.0257. The number of morpholine rings is 1. The Morgan fingerprint density at radius 3 is 2.59 bits per heavy atom. The molecule has 6 nitrogen and oxygen atoms in total. The van der Waals surface area contributed by atoms with Gasteiger partial charge in [0.15, 0.2) is 0 Å². The summed E-state index contributed by atoms with van der Waals surface area (Å²) in [7, 11) is 0. The molecule has 1 aliphatic rings. The maximum Gasteiger partial charge on any atom is 0.349 e. The quantitative estimate of drug-likeness (QED) is 0.644. The minimum atomic E-state index is -0.623.